The standard InChI is InChI=1S/C20H21NO5/c1-3-7-14-10-11-17(25-4-2)18(12-14)26-13-19(22)21-16-9-6-5-8-15(16)20(23)24/h3,5-6,8-12H,1,4,7,13H2,2H3,(H,21,22)(H,23,24). The van der Waals surface area contributed by atoms with Crippen molar-refractivity contribution in [2.24, 2.45) is 0 Å². The molecule has 6 heteroatoms. The second-order valence-corrected chi connectivity index (χ2v) is 5.39. The Balaban J connectivity index is 2.08. The first-order chi connectivity index (χ1) is 12.5. The van der Waals surface area contributed by atoms with Gasteiger partial charge in [0.15, 0.2) is 18.1 Å². The molecule has 0 heterocycles. The Bertz CT molecular complexity index is 801. The number of hydrogen-bond donors (Lipinski definition) is 2. The van der Waals surface area contributed by atoms with E-state index >= 15 is 0 Å². The predicted molar refractivity (Wildman–Crippen MR) is 99.0 cm³/mol. The Hall–Kier alpha value is -3.28. The summed E-state index contributed by atoms with van der Waals surface area (Å²) in [5.74, 6) is -0.584. The zero-order valence-electron chi connectivity index (χ0n) is 14.5. The summed E-state index contributed by atoms with van der Waals surface area (Å²) in [6.07, 6.45) is 2.44. The highest BCUT2D eigenvalue weighted by Gasteiger charge is 2.13. The van der Waals surface area contributed by atoms with Gasteiger partial charge >= 0.3 is 5.97 Å². The topological polar surface area (TPSA) is 84.9 Å². The Kier molecular flexibility index (Phi) is 6.79. The van der Waals surface area contributed by atoms with Crippen LogP contribution in [0.1, 0.15) is 22.8 Å². The van der Waals surface area contributed by atoms with Crippen LogP contribution in [0.3, 0.4) is 0 Å². The Morgan fingerprint density at radius 1 is 1.15 bits per heavy atom. The number of benzene rings is 2. The largest absolute Gasteiger partial charge is 0.490 e. The highest BCUT2D eigenvalue weighted by atomic mass is 16.5. The number of anilines is 1. The van der Waals surface area contributed by atoms with E-state index in [4.69, 9.17) is 14.6 Å². The van der Waals surface area contributed by atoms with Gasteiger partial charge in [-0.1, -0.05) is 24.3 Å². The molecular formula is C20H21NO5. The molecule has 2 N–H and O–H groups in total. The average molecular weight is 355 g/mol. The number of hydrogen-bond acceptors (Lipinski definition) is 4. The SMILES string of the molecule is C=CCc1ccc(OCC)c(OCC(=O)Nc2ccccc2C(=O)O)c1. The van der Waals surface area contributed by atoms with Gasteiger partial charge in [0.1, 0.15) is 0 Å². The summed E-state index contributed by atoms with van der Waals surface area (Å²) in [5, 5.41) is 11.7. The molecule has 0 bridgehead atoms. The van der Waals surface area contributed by atoms with Crippen LogP contribution in [0.2, 0.25) is 0 Å². The lowest BCUT2D eigenvalue weighted by Crippen LogP contribution is -2.21. The van der Waals surface area contributed by atoms with E-state index in [0.717, 1.165) is 5.56 Å². The van der Waals surface area contributed by atoms with Crippen LogP contribution in [0, 0.1) is 0 Å². The molecule has 0 unspecified atom stereocenters. The third-order valence-corrected chi connectivity index (χ3v) is 3.48. The zero-order valence-corrected chi connectivity index (χ0v) is 14.5. The summed E-state index contributed by atoms with van der Waals surface area (Å²) in [4.78, 5) is 23.3. The van der Waals surface area contributed by atoms with Crippen molar-refractivity contribution in [1.82, 2.24) is 0 Å². The smallest absolute Gasteiger partial charge is 0.337 e. The van der Waals surface area contributed by atoms with Crippen molar-refractivity contribution in [3.05, 3.63) is 66.2 Å². The van der Waals surface area contributed by atoms with Crippen molar-refractivity contribution >= 4 is 17.6 Å². The molecule has 0 spiro atoms. The Labute approximate surface area is 152 Å². The third kappa shape index (κ3) is 5.11. The minimum Gasteiger partial charge on any atom is -0.490 e. The lowest BCUT2D eigenvalue weighted by atomic mass is 10.1. The minimum absolute atomic E-state index is 0.0174. The van der Waals surface area contributed by atoms with Gasteiger partial charge < -0.3 is 19.9 Å². The van der Waals surface area contributed by atoms with Crippen molar-refractivity contribution in [3.8, 4) is 11.5 Å². The number of rotatable bonds is 9. The normalized spacial score (nSPS) is 10.0. The zero-order chi connectivity index (χ0) is 18.9. The van der Waals surface area contributed by atoms with Crippen molar-refractivity contribution in [3.63, 3.8) is 0 Å². The maximum absolute atomic E-state index is 12.2. The van der Waals surface area contributed by atoms with E-state index in [9.17, 15) is 9.59 Å². The van der Waals surface area contributed by atoms with Crippen LogP contribution in [-0.4, -0.2) is 30.2 Å². The molecule has 0 aliphatic rings. The van der Waals surface area contributed by atoms with E-state index < -0.39 is 11.9 Å². The molecule has 2 aromatic carbocycles. The molecular weight excluding hydrogens is 334 g/mol. The molecule has 1 amide bonds. The summed E-state index contributed by atoms with van der Waals surface area (Å²) in [5.41, 5.74) is 1.22. The Morgan fingerprint density at radius 3 is 2.62 bits per heavy atom. The number of carboxylic acid groups (broad SMARTS) is 1. The number of ether oxygens (including phenoxy) is 2. The van der Waals surface area contributed by atoms with Crippen molar-refractivity contribution in [2.75, 3.05) is 18.5 Å². The molecule has 0 fully saturated rings. The first kappa shape index (κ1) is 19.1. The highest BCUT2D eigenvalue weighted by Crippen LogP contribution is 2.29. The number of carbonyl (C=O) groups is 2. The summed E-state index contributed by atoms with van der Waals surface area (Å²) < 4.78 is 11.1. The van der Waals surface area contributed by atoms with Crippen molar-refractivity contribution in [2.45, 2.75) is 13.3 Å². The van der Waals surface area contributed by atoms with Gasteiger partial charge in [0.05, 0.1) is 17.9 Å². The molecule has 2 aromatic rings. The van der Waals surface area contributed by atoms with Crippen molar-refractivity contribution in [1.29, 1.82) is 0 Å². The van der Waals surface area contributed by atoms with Crippen LogP contribution in [0.25, 0.3) is 0 Å². The first-order valence-corrected chi connectivity index (χ1v) is 8.16. The van der Waals surface area contributed by atoms with Crippen LogP contribution in [0.5, 0.6) is 11.5 Å². The van der Waals surface area contributed by atoms with Gasteiger partial charge in [0, 0.05) is 0 Å². The summed E-state index contributed by atoms with van der Waals surface area (Å²) in [6, 6.07) is 11.7. The van der Waals surface area contributed by atoms with Crippen LogP contribution < -0.4 is 14.8 Å². The highest BCUT2D eigenvalue weighted by molar-refractivity contribution is 6.00. The molecule has 0 aromatic heterocycles. The molecule has 6 nitrogen and oxygen atoms in total. The van der Waals surface area contributed by atoms with Crippen LogP contribution in [-0.2, 0) is 11.2 Å². The molecule has 136 valence electrons. The van der Waals surface area contributed by atoms with Gasteiger partial charge in [-0.25, -0.2) is 4.79 Å². The molecule has 0 saturated heterocycles. The predicted octanol–water partition coefficient (Wildman–Crippen LogP) is 3.53. The maximum atomic E-state index is 12.2. The fourth-order valence-electron chi connectivity index (χ4n) is 2.34. The van der Waals surface area contributed by atoms with Gasteiger partial charge in [-0.2, -0.15) is 0 Å². The quantitative estimate of drug-likeness (QED) is 0.672. The Morgan fingerprint density at radius 2 is 1.92 bits per heavy atom. The second-order valence-electron chi connectivity index (χ2n) is 5.39. The molecule has 2 rings (SSSR count). The molecule has 0 radical (unpaired) electrons. The van der Waals surface area contributed by atoms with E-state index in [1.165, 1.54) is 12.1 Å². The average Bonchev–Trinajstić information content (AvgIpc) is 2.62. The van der Waals surface area contributed by atoms with Crippen LogP contribution in [0.15, 0.2) is 55.1 Å². The fraction of sp³-hybridized carbons (Fsp3) is 0.200. The summed E-state index contributed by atoms with van der Waals surface area (Å²) >= 11 is 0. The van der Waals surface area contributed by atoms with Gasteiger partial charge in [0.2, 0.25) is 0 Å². The summed E-state index contributed by atoms with van der Waals surface area (Å²) in [7, 11) is 0. The number of carboxylic acids is 1. The molecule has 0 saturated carbocycles. The number of para-hydroxylation sites is 1. The lowest BCUT2D eigenvalue weighted by Gasteiger charge is -2.13. The van der Waals surface area contributed by atoms with E-state index in [0.29, 0.717) is 24.5 Å². The fourth-order valence-corrected chi connectivity index (χ4v) is 2.34. The second kappa shape index (κ2) is 9.27. The summed E-state index contributed by atoms with van der Waals surface area (Å²) in [6.45, 7) is 5.76. The number of allylic oxidation sites excluding steroid dienone is 1. The monoisotopic (exact) mass is 355 g/mol. The molecule has 26 heavy (non-hydrogen) atoms. The van der Waals surface area contributed by atoms with Crippen LogP contribution >= 0.6 is 0 Å². The van der Waals surface area contributed by atoms with Crippen molar-refractivity contribution < 1.29 is 24.2 Å². The third-order valence-electron chi connectivity index (χ3n) is 3.48. The van der Waals surface area contributed by atoms with E-state index in [1.807, 2.05) is 13.0 Å². The van der Waals surface area contributed by atoms with E-state index in [2.05, 4.69) is 11.9 Å². The van der Waals surface area contributed by atoms with E-state index in [-0.39, 0.29) is 17.9 Å². The lowest BCUT2D eigenvalue weighted by molar-refractivity contribution is -0.118. The first-order valence-electron chi connectivity index (χ1n) is 8.16. The van der Waals surface area contributed by atoms with Gasteiger partial charge in [0.25, 0.3) is 5.91 Å². The van der Waals surface area contributed by atoms with Crippen LogP contribution in [0.4, 0.5) is 5.69 Å². The number of carbonyl (C=O) groups excluding carboxylic acids is 1. The van der Waals surface area contributed by atoms with Gasteiger partial charge in [-0.3, -0.25) is 4.79 Å². The number of aromatic carboxylic acids is 1. The maximum Gasteiger partial charge on any atom is 0.337 e. The molecule has 0 aliphatic heterocycles. The van der Waals surface area contributed by atoms with E-state index in [1.54, 1.807) is 30.3 Å². The number of nitrogens with one attached hydrogen (secondary N) is 1. The van der Waals surface area contributed by atoms with Gasteiger partial charge in [-0.15, -0.1) is 6.58 Å². The number of amides is 1. The molecule has 0 atom stereocenters. The van der Waals surface area contributed by atoms with Gasteiger partial charge in [-0.05, 0) is 43.2 Å². The molecule has 0 aliphatic carbocycles. The minimum atomic E-state index is -1.11.